The molecule has 2 fully saturated rings. The topological polar surface area (TPSA) is 292 Å². The van der Waals surface area contributed by atoms with Gasteiger partial charge in [0.25, 0.3) is 10.5 Å². The summed E-state index contributed by atoms with van der Waals surface area (Å²) in [5, 5.41) is 34.6. The molecule has 348 valence electrons. The molecule has 2 unspecified atom stereocenters. The lowest BCUT2D eigenvalue weighted by Crippen LogP contribution is -2.25. The van der Waals surface area contributed by atoms with Gasteiger partial charge in [0.15, 0.2) is 0 Å². The first-order valence-electron chi connectivity index (χ1n) is 19.5. The minimum Gasteiger partial charge on any atom is -0.492 e. The fourth-order valence-corrected chi connectivity index (χ4v) is 6.92. The van der Waals surface area contributed by atoms with Crippen LogP contribution in [0.5, 0.6) is 11.5 Å². The highest BCUT2D eigenvalue weighted by Crippen LogP contribution is 2.25. The number of carbonyl (C=O) groups excluding carboxylic acids is 4. The van der Waals surface area contributed by atoms with Crippen LogP contribution >= 0.6 is 23.5 Å². The number of benzene rings is 2. The van der Waals surface area contributed by atoms with Crippen LogP contribution in [0.15, 0.2) is 122 Å². The second kappa shape index (κ2) is 28.2. The SMILES string of the molecule is CN(CCOc1ccc(CC2SC(=O)NC2=O)cc1)c1ccccn1.CN(CCOc1ccc(CC2SC(=O)NC2=O)cc1)c1ccccn1.O=C(O)/C=C\C(=O)O.O=C(O)/C=C\C(=O)O. The molecule has 2 aromatic heterocycles. The van der Waals surface area contributed by atoms with E-state index in [1.54, 1.807) is 12.4 Å². The monoisotopic (exact) mass is 946 g/mol. The Hall–Kier alpha value is -7.72. The van der Waals surface area contributed by atoms with Crippen molar-refractivity contribution >= 4 is 81.3 Å². The van der Waals surface area contributed by atoms with Crippen LogP contribution in [0.2, 0.25) is 0 Å². The highest BCUT2D eigenvalue weighted by atomic mass is 32.2. The van der Waals surface area contributed by atoms with Crippen molar-refractivity contribution in [1.29, 1.82) is 0 Å². The van der Waals surface area contributed by atoms with Crippen molar-refractivity contribution in [3.05, 3.63) is 133 Å². The molecule has 22 heteroatoms. The van der Waals surface area contributed by atoms with Crippen molar-refractivity contribution in [3.8, 4) is 11.5 Å². The van der Waals surface area contributed by atoms with Crippen LogP contribution in [0.4, 0.5) is 21.2 Å². The maximum atomic E-state index is 11.6. The summed E-state index contributed by atoms with van der Waals surface area (Å²) < 4.78 is 11.5. The first-order chi connectivity index (χ1) is 31.5. The van der Waals surface area contributed by atoms with Crippen molar-refractivity contribution in [3.63, 3.8) is 0 Å². The summed E-state index contributed by atoms with van der Waals surface area (Å²) in [6.45, 7) is 2.53. The van der Waals surface area contributed by atoms with Gasteiger partial charge in [-0.05, 0) is 72.5 Å². The van der Waals surface area contributed by atoms with Crippen molar-refractivity contribution in [1.82, 2.24) is 20.6 Å². The number of carbonyl (C=O) groups is 8. The quantitative estimate of drug-likeness (QED) is 0.0753. The summed E-state index contributed by atoms with van der Waals surface area (Å²) in [7, 11) is 3.95. The van der Waals surface area contributed by atoms with Gasteiger partial charge in [-0.15, -0.1) is 0 Å². The number of imide groups is 2. The van der Waals surface area contributed by atoms with Crippen LogP contribution in [-0.4, -0.2) is 127 Å². The van der Waals surface area contributed by atoms with Gasteiger partial charge < -0.3 is 39.7 Å². The first-order valence-corrected chi connectivity index (χ1v) is 21.2. The smallest absolute Gasteiger partial charge is 0.328 e. The van der Waals surface area contributed by atoms with Gasteiger partial charge in [0.1, 0.15) is 36.3 Å². The molecule has 2 aliphatic rings. The summed E-state index contributed by atoms with van der Waals surface area (Å²) in [5.41, 5.74) is 2.00. The Morgan fingerprint density at radius 3 is 1.15 bits per heavy atom. The Morgan fingerprint density at radius 1 is 0.561 bits per heavy atom. The predicted octanol–water partition coefficient (Wildman–Crippen LogP) is 4.41. The molecule has 66 heavy (non-hydrogen) atoms. The summed E-state index contributed by atoms with van der Waals surface area (Å²) >= 11 is 2.09. The molecular weight excluding hydrogens is 901 g/mol. The number of nitrogens with one attached hydrogen (secondary N) is 2. The van der Waals surface area contributed by atoms with Crippen molar-refractivity contribution < 1.29 is 68.3 Å². The zero-order chi connectivity index (χ0) is 48.4. The summed E-state index contributed by atoms with van der Waals surface area (Å²) in [6, 6.07) is 26.8. The summed E-state index contributed by atoms with van der Waals surface area (Å²) in [6.07, 6.45) is 6.83. The van der Waals surface area contributed by atoms with Gasteiger partial charge in [-0.3, -0.25) is 29.8 Å². The van der Waals surface area contributed by atoms with Gasteiger partial charge in [-0.2, -0.15) is 0 Å². The summed E-state index contributed by atoms with van der Waals surface area (Å²) in [5.74, 6) is -2.09. The molecule has 2 atom stereocenters. The van der Waals surface area contributed by atoms with E-state index in [4.69, 9.17) is 29.9 Å². The lowest BCUT2D eigenvalue weighted by atomic mass is 10.1. The van der Waals surface area contributed by atoms with Gasteiger partial charge in [-0.25, -0.2) is 29.1 Å². The zero-order valence-electron chi connectivity index (χ0n) is 35.4. The van der Waals surface area contributed by atoms with E-state index in [1.165, 1.54) is 0 Å². The number of amides is 4. The number of nitrogens with zero attached hydrogens (tertiary/aromatic N) is 4. The van der Waals surface area contributed by atoms with E-state index in [1.807, 2.05) is 109 Å². The van der Waals surface area contributed by atoms with Crippen LogP contribution in [0, 0.1) is 0 Å². The average Bonchev–Trinajstić information content (AvgIpc) is 3.79. The fourth-order valence-electron chi connectivity index (χ4n) is 5.20. The van der Waals surface area contributed by atoms with E-state index < -0.39 is 23.9 Å². The average molecular weight is 947 g/mol. The van der Waals surface area contributed by atoms with Crippen LogP contribution in [-0.2, 0) is 41.6 Å². The maximum absolute atomic E-state index is 11.6. The minimum absolute atomic E-state index is 0.215. The molecule has 4 amide bonds. The maximum Gasteiger partial charge on any atom is 0.328 e. The molecule has 0 saturated carbocycles. The number of aliphatic carboxylic acids is 4. The molecule has 2 aliphatic heterocycles. The van der Waals surface area contributed by atoms with E-state index in [9.17, 15) is 38.4 Å². The molecule has 0 bridgehead atoms. The number of pyridine rings is 2. The Labute approximate surface area is 386 Å². The van der Waals surface area contributed by atoms with E-state index >= 15 is 0 Å². The molecule has 2 aromatic carbocycles. The van der Waals surface area contributed by atoms with E-state index in [2.05, 4.69) is 20.6 Å². The number of anilines is 2. The Bertz CT molecular complexity index is 2120. The minimum atomic E-state index is -1.26. The Kier molecular flexibility index (Phi) is 22.4. The lowest BCUT2D eigenvalue weighted by Gasteiger charge is -2.18. The van der Waals surface area contributed by atoms with Gasteiger partial charge in [0.2, 0.25) is 11.8 Å². The fraction of sp³-hybridized carbons (Fsp3) is 0.227. The van der Waals surface area contributed by atoms with E-state index in [0.717, 1.165) is 70.9 Å². The molecular formula is C44H46N6O14S2. The number of hydrogen-bond donors (Lipinski definition) is 6. The lowest BCUT2D eigenvalue weighted by molar-refractivity contribution is -0.134. The number of carboxylic acid groups (broad SMARTS) is 4. The van der Waals surface area contributed by atoms with Gasteiger partial charge in [-0.1, -0.05) is 59.9 Å². The molecule has 0 aliphatic carbocycles. The van der Waals surface area contributed by atoms with E-state index in [-0.39, 0.29) is 32.8 Å². The first kappa shape index (κ1) is 52.6. The Balaban J connectivity index is 0.000000265. The molecule has 0 spiro atoms. The molecule has 0 radical (unpaired) electrons. The predicted molar refractivity (Wildman–Crippen MR) is 245 cm³/mol. The normalized spacial score (nSPS) is 14.9. The number of aromatic nitrogens is 2. The standard InChI is InChI=1S/2C18H19N3O3S.2C4H4O4/c2*1-21(16-4-2-3-9-19-16)10-11-24-14-7-5-13(6-8-14)12-15-17(22)20-18(23)25-15;2*5-3(6)1-2-4(7)8/h2*2-9,15H,10-12H2,1H3,(H,20,22,23);2*1-2H,(H,5,6)(H,7,8)/b;;2*2-1-. The number of likely N-dealkylation sites (N-methyl/N-ethyl adjacent to an activating group) is 2. The molecule has 20 nitrogen and oxygen atoms in total. The van der Waals surface area contributed by atoms with Gasteiger partial charge in [0, 0.05) is 50.8 Å². The number of thioether (sulfide) groups is 2. The number of ether oxygens (including phenoxy) is 2. The largest absolute Gasteiger partial charge is 0.492 e. The Morgan fingerprint density at radius 2 is 0.894 bits per heavy atom. The van der Waals surface area contributed by atoms with Crippen molar-refractivity contribution in [2.24, 2.45) is 0 Å². The van der Waals surface area contributed by atoms with Gasteiger partial charge in [0.05, 0.1) is 23.6 Å². The molecule has 4 heterocycles. The number of rotatable bonds is 18. The highest BCUT2D eigenvalue weighted by Gasteiger charge is 2.32. The third-order valence-corrected chi connectivity index (χ3v) is 10.4. The van der Waals surface area contributed by atoms with Crippen molar-refractivity contribution in [2.45, 2.75) is 23.3 Å². The van der Waals surface area contributed by atoms with Crippen LogP contribution in [0.25, 0.3) is 0 Å². The molecule has 6 rings (SSSR count). The molecule has 4 aromatic rings. The zero-order valence-corrected chi connectivity index (χ0v) is 37.1. The van der Waals surface area contributed by atoms with Crippen molar-refractivity contribution in [2.75, 3.05) is 50.2 Å². The van der Waals surface area contributed by atoms with E-state index in [0.29, 0.717) is 50.4 Å². The second-order valence-corrected chi connectivity index (χ2v) is 15.7. The molecule has 6 N–H and O–H groups in total. The van der Waals surface area contributed by atoms with Gasteiger partial charge >= 0.3 is 23.9 Å². The molecule has 2 saturated heterocycles. The third-order valence-electron chi connectivity index (χ3n) is 8.43. The van der Waals surface area contributed by atoms with Crippen LogP contribution in [0.1, 0.15) is 11.1 Å². The van der Waals surface area contributed by atoms with Crippen LogP contribution < -0.4 is 29.9 Å². The highest BCUT2D eigenvalue weighted by molar-refractivity contribution is 8.15. The number of carboxylic acids is 4. The third kappa shape index (κ3) is 21.1. The number of hydrogen-bond acceptors (Lipinski definition) is 16. The second-order valence-electron chi connectivity index (χ2n) is 13.4. The van der Waals surface area contributed by atoms with Crippen LogP contribution in [0.3, 0.4) is 0 Å². The summed E-state index contributed by atoms with van der Waals surface area (Å²) in [4.78, 5) is 96.4.